The van der Waals surface area contributed by atoms with Crippen molar-refractivity contribution in [1.29, 1.82) is 0 Å². The van der Waals surface area contributed by atoms with Gasteiger partial charge in [-0.25, -0.2) is 0 Å². The zero-order chi connectivity index (χ0) is 13.1. The van der Waals surface area contributed by atoms with Crippen LogP contribution in [0, 0.1) is 0 Å². The molecule has 19 heavy (non-hydrogen) atoms. The van der Waals surface area contributed by atoms with Gasteiger partial charge in [0.05, 0.1) is 0 Å². The molecule has 96 valence electrons. The second-order valence-corrected chi connectivity index (χ2v) is 4.69. The second-order valence-electron chi connectivity index (χ2n) is 4.69. The van der Waals surface area contributed by atoms with E-state index in [1.54, 1.807) is 0 Å². The largest absolute Gasteiger partial charge is 0.485 e. The molecule has 1 aliphatic rings. The Labute approximate surface area is 113 Å². The standard InChI is InChI=1S/C17H16O2/c1-2-12-17(14-8-4-3-5-9-14)13-18-15-10-6-7-11-16(15)19-17/h2-11H,1,12-13H2. The molecule has 2 nitrogen and oxygen atoms in total. The summed E-state index contributed by atoms with van der Waals surface area (Å²) in [7, 11) is 0. The molecule has 0 N–H and O–H groups in total. The van der Waals surface area contributed by atoms with Gasteiger partial charge in [0, 0.05) is 6.42 Å². The molecule has 2 aromatic carbocycles. The quantitative estimate of drug-likeness (QED) is 0.771. The summed E-state index contributed by atoms with van der Waals surface area (Å²) >= 11 is 0. The molecule has 0 aromatic heterocycles. The fourth-order valence-corrected chi connectivity index (χ4v) is 2.42. The lowest BCUT2D eigenvalue weighted by Gasteiger charge is -2.38. The number of ether oxygens (including phenoxy) is 2. The van der Waals surface area contributed by atoms with Crippen molar-refractivity contribution >= 4 is 0 Å². The highest BCUT2D eigenvalue weighted by atomic mass is 16.6. The van der Waals surface area contributed by atoms with Crippen molar-refractivity contribution in [3.63, 3.8) is 0 Å². The molecule has 2 heteroatoms. The Morgan fingerprint density at radius 2 is 1.68 bits per heavy atom. The van der Waals surface area contributed by atoms with Gasteiger partial charge in [0.1, 0.15) is 6.61 Å². The smallest absolute Gasteiger partial charge is 0.171 e. The zero-order valence-electron chi connectivity index (χ0n) is 10.7. The van der Waals surface area contributed by atoms with Crippen molar-refractivity contribution in [2.24, 2.45) is 0 Å². The summed E-state index contributed by atoms with van der Waals surface area (Å²) in [6.45, 7) is 4.35. The van der Waals surface area contributed by atoms with Crippen LogP contribution in [0.15, 0.2) is 67.3 Å². The minimum absolute atomic E-state index is 0.475. The molecule has 0 aliphatic carbocycles. The van der Waals surface area contributed by atoms with Crippen LogP contribution in [0.5, 0.6) is 11.5 Å². The Kier molecular flexibility index (Phi) is 3.00. The van der Waals surface area contributed by atoms with Crippen LogP contribution in [0.25, 0.3) is 0 Å². The highest BCUT2D eigenvalue weighted by Crippen LogP contribution is 2.41. The van der Waals surface area contributed by atoms with E-state index in [0.29, 0.717) is 13.0 Å². The van der Waals surface area contributed by atoms with Crippen molar-refractivity contribution in [3.05, 3.63) is 72.8 Å². The molecule has 1 unspecified atom stereocenters. The Bertz CT molecular complexity index is 577. The summed E-state index contributed by atoms with van der Waals surface area (Å²) in [4.78, 5) is 0. The molecule has 0 fully saturated rings. The van der Waals surface area contributed by atoms with Gasteiger partial charge in [-0.2, -0.15) is 0 Å². The maximum atomic E-state index is 6.25. The van der Waals surface area contributed by atoms with Gasteiger partial charge in [0.15, 0.2) is 17.1 Å². The van der Waals surface area contributed by atoms with Gasteiger partial charge in [-0.05, 0) is 17.7 Å². The first kappa shape index (κ1) is 11.8. The van der Waals surface area contributed by atoms with Gasteiger partial charge in [-0.3, -0.25) is 0 Å². The van der Waals surface area contributed by atoms with E-state index in [-0.39, 0.29) is 0 Å². The lowest BCUT2D eigenvalue weighted by Crippen LogP contribution is -2.41. The molecule has 0 amide bonds. The van der Waals surface area contributed by atoms with Crippen LogP contribution in [0.3, 0.4) is 0 Å². The molecular weight excluding hydrogens is 236 g/mol. The molecule has 1 atom stereocenters. The van der Waals surface area contributed by atoms with E-state index in [0.717, 1.165) is 17.1 Å². The zero-order valence-corrected chi connectivity index (χ0v) is 10.7. The summed E-state index contributed by atoms with van der Waals surface area (Å²) in [5.41, 5.74) is 0.640. The highest BCUT2D eigenvalue weighted by Gasteiger charge is 2.38. The molecule has 1 aliphatic heterocycles. The topological polar surface area (TPSA) is 18.5 Å². The van der Waals surface area contributed by atoms with Crippen LogP contribution in [0.1, 0.15) is 12.0 Å². The number of benzene rings is 2. The number of rotatable bonds is 3. The normalized spacial score (nSPS) is 20.8. The number of para-hydroxylation sites is 2. The van der Waals surface area contributed by atoms with E-state index in [2.05, 4.69) is 18.7 Å². The Hall–Kier alpha value is -2.22. The Balaban J connectivity index is 2.03. The second kappa shape index (κ2) is 4.81. The van der Waals surface area contributed by atoms with Crippen molar-refractivity contribution in [1.82, 2.24) is 0 Å². The predicted octanol–water partition coefficient (Wildman–Crippen LogP) is 3.93. The monoisotopic (exact) mass is 252 g/mol. The van der Waals surface area contributed by atoms with Gasteiger partial charge in [-0.1, -0.05) is 48.5 Å². The molecule has 0 spiro atoms. The number of fused-ring (bicyclic) bond motifs is 1. The maximum absolute atomic E-state index is 6.25. The van der Waals surface area contributed by atoms with Crippen LogP contribution < -0.4 is 9.47 Å². The Morgan fingerprint density at radius 3 is 2.42 bits per heavy atom. The van der Waals surface area contributed by atoms with E-state index in [4.69, 9.17) is 9.47 Å². The van der Waals surface area contributed by atoms with Crippen LogP contribution in [-0.4, -0.2) is 6.61 Å². The third-order valence-electron chi connectivity index (χ3n) is 3.39. The van der Waals surface area contributed by atoms with E-state index in [9.17, 15) is 0 Å². The van der Waals surface area contributed by atoms with Crippen molar-refractivity contribution in [3.8, 4) is 11.5 Å². The fraction of sp³-hybridized carbons (Fsp3) is 0.176. The van der Waals surface area contributed by atoms with E-state index in [1.165, 1.54) is 0 Å². The Morgan fingerprint density at radius 1 is 1.00 bits per heavy atom. The first-order valence-electron chi connectivity index (χ1n) is 6.41. The molecule has 0 radical (unpaired) electrons. The maximum Gasteiger partial charge on any atom is 0.171 e. The van der Waals surface area contributed by atoms with Gasteiger partial charge in [-0.15, -0.1) is 6.58 Å². The van der Waals surface area contributed by atoms with Gasteiger partial charge < -0.3 is 9.47 Å². The van der Waals surface area contributed by atoms with Gasteiger partial charge in [0.2, 0.25) is 0 Å². The van der Waals surface area contributed by atoms with Crippen LogP contribution in [-0.2, 0) is 5.60 Å². The first-order valence-corrected chi connectivity index (χ1v) is 6.41. The minimum Gasteiger partial charge on any atom is -0.485 e. The van der Waals surface area contributed by atoms with Gasteiger partial charge >= 0.3 is 0 Å². The molecule has 1 heterocycles. The molecular formula is C17H16O2. The third kappa shape index (κ3) is 2.10. The number of hydrogen-bond donors (Lipinski definition) is 0. The van der Waals surface area contributed by atoms with Crippen molar-refractivity contribution in [2.45, 2.75) is 12.0 Å². The number of hydrogen-bond acceptors (Lipinski definition) is 2. The highest BCUT2D eigenvalue weighted by molar-refractivity contribution is 5.43. The van der Waals surface area contributed by atoms with Crippen LogP contribution in [0.2, 0.25) is 0 Å². The van der Waals surface area contributed by atoms with Crippen molar-refractivity contribution in [2.75, 3.05) is 6.61 Å². The van der Waals surface area contributed by atoms with Crippen molar-refractivity contribution < 1.29 is 9.47 Å². The van der Waals surface area contributed by atoms with E-state index < -0.39 is 5.60 Å². The molecule has 0 saturated heterocycles. The first-order chi connectivity index (χ1) is 9.34. The fourth-order valence-electron chi connectivity index (χ4n) is 2.42. The third-order valence-corrected chi connectivity index (χ3v) is 3.39. The van der Waals surface area contributed by atoms with Crippen LogP contribution in [0.4, 0.5) is 0 Å². The molecule has 0 bridgehead atoms. The SMILES string of the molecule is C=CCC1(c2ccccc2)COc2ccccc2O1. The lowest BCUT2D eigenvalue weighted by molar-refractivity contribution is -0.0106. The molecule has 3 rings (SSSR count). The van der Waals surface area contributed by atoms with Crippen LogP contribution >= 0.6 is 0 Å². The summed E-state index contributed by atoms with van der Waals surface area (Å²) in [6.07, 6.45) is 2.59. The summed E-state index contributed by atoms with van der Waals surface area (Å²) in [6, 6.07) is 18.0. The summed E-state index contributed by atoms with van der Waals surface area (Å²) in [5, 5.41) is 0. The minimum atomic E-state index is -0.475. The molecule has 0 saturated carbocycles. The van der Waals surface area contributed by atoms with E-state index in [1.807, 2.05) is 48.5 Å². The van der Waals surface area contributed by atoms with E-state index >= 15 is 0 Å². The van der Waals surface area contributed by atoms with Gasteiger partial charge in [0.25, 0.3) is 0 Å². The summed E-state index contributed by atoms with van der Waals surface area (Å²) in [5.74, 6) is 1.59. The molecule has 2 aromatic rings. The average molecular weight is 252 g/mol. The summed E-state index contributed by atoms with van der Waals surface area (Å²) < 4.78 is 12.1. The lowest BCUT2D eigenvalue weighted by atomic mass is 9.90. The predicted molar refractivity (Wildman–Crippen MR) is 75.5 cm³/mol. The average Bonchev–Trinajstić information content (AvgIpc) is 2.48.